The average molecular weight is 504 g/mol. The van der Waals surface area contributed by atoms with E-state index in [1.165, 1.54) is 16.7 Å². The maximum atomic E-state index is 13.3. The third kappa shape index (κ3) is 4.48. The van der Waals surface area contributed by atoms with E-state index >= 15 is 0 Å². The van der Waals surface area contributed by atoms with E-state index in [9.17, 15) is 19.5 Å². The number of carboxylic acids is 1. The predicted molar refractivity (Wildman–Crippen MR) is 135 cm³/mol. The number of ether oxygens (including phenoxy) is 1. The zero-order valence-corrected chi connectivity index (χ0v) is 22.4. The van der Waals surface area contributed by atoms with Crippen LogP contribution >= 0.6 is 11.8 Å². The van der Waals surface area contributed by atoms with Crippen molar-refractivity contribution in [1.29, 1.82) is 0 Å². The molecule has 0 aromatic heterocycles. The molecular weight excluding hydrogens is 470 g/mol. The van der Waals surface area contributed by atoms with E-state index in [4.69, 9.17) is 9.16 Å². The van der Waals surface area contributed by atoms with Crippen LogP contribution in [0, 0.1) is 5.92 Å². The molecule has 1 aromatic rings. The molecule has 34 heavy (non-hydrogen) atoms. The molecule has 0 saturated carbocycles. The van der Waals surface area contributed by atoms with Crippen molar-refractivity contribution in [3.05, 3.63) is 53.1 Å². The van der Waals surface area contributed by atoms with Crippen molar-refractivity contribution in [3.63, 3.8) is 0 Å². The Bertz CT molecular complexity index is 1030. The molecule has 1 aromatic carbocycles. The Balaban J connectivity index is 1.88. The third-order valence-corrected chi connectivity index (χ3v) is 13.0. The quantitative estimate of drug-likeness (QED) is 0.206. The number of hydrogen-bond acceptors (Lipinski definition) is 6. The molecule has 0 radical (unpaired) electrons. The summed E-state index contributed by atoms with van der Waals surface area (Å²) < 4.78 is 12.4. The lowest BCUT2D eigenvalue weighted by Gasteiger charge is -2.56. The van der Waals surface area contributed by atoms with Gasteiger partial charge in [0.25, 0.3) is 0 Å². The minimum atomic E-state index is -2.15. The Morgan fingerprint density at radius 3 is 2.44 bits per heavy atom. The molecule has 7 nitrogen and oxygen atoms in total. The Labute approximate surface area is 206 Å². The first-order valence-corrected chi connectivity index (χ1v) is 15.0. The molecule has 3 rings (SSSR count). The lowest BCUT2D eigenvalue weighted by Crippen LogP contribution is -2.70. The lowest BCUT2D eigenvalue weighted by molar-refractivity contribution is -0.165. The van der Waals surface area contributed by atoms with Gasteiger partial charge in [0.1, 0.15) is 29.2 Å². The lowest BCUT2D eigenvalue weighted by atomic mass is 9.80. The van der Waals surface area contributed by atoms with Gasteiger partial charge in [0, 0.05) is 5.56 Å². The summed E-state index contributed by atoms with van der Waals surface area (Å²) in [6, 6.07) is 6.56. The van der Waals surface area contributed by atoms with Gasteiger partial charge in [-0.3, -0.25) is 14.5 Å². The largest absolute Gasteiger partial charge is 0.488 e. The number of fused-ring (bicyclic) bond motifs is 1. The number of aldehydes is 1. The van der Waals surface area contributed by atoms with Gasteiger partial charge in [-0.1, -0.05) is 38.6 Å². The molecule has 9 heteroatoms. The molecule has 3 atom stereocenters. The van der Waals surface area contributed by atoms with E-state index in [0.29, 0.717) is 22.6 Å². The first-order valence-electron chi connectivity index (χ1n) is 11.3. The first kappa shape index (κ1) is 26.2. The maximum absolute atomic E-state index is 13.3. The second-order valence-electron chi connectivity index (χ2n) is 10.2. The van der Waals surface area contributed by atoms with Gasteiger partial charge in [0.2, 0.25) is 5.91 Å². The van der Waals surface area contributed by atoms with Crippen molar-refractivity contribution in [2.24, 2.45) is 5.92 Å². The van der Waals surface area contributed by atoms with Gasteiger partial charge in [-0.05, 0) is 55.7 Å². The number of aliphatic carboxylic acids is 1. The Morgan fingerprint density at radius 1 is 1.32 bits per heavy atom. The molecular formula is C25H33NO6SSi. The van der Waals surface area contributed by atoms with Crippen LogP contribution in [0.2, 0.25) is 18.1 Å². The number of nitrogens with zero attached hydrogens (tertiary/aromatic N) is 1. The van der Waals surface area contributed by atoms with E-state index in [-0.39, 0.29) is 29.4 Å². The van der Waals surface area contributed by atoms with Gasteiger partial charge in [-0.2, -0.15) is 0 Å². The molecule has 0 aliphatic carbocycles. The summed E-state index contributed by atoms with van der Waals surface area (Å²) in [6.45, 7) is 16.5. The minimum Gasteiger partial charge on any atom is -0.488 e. The summed E-state index contributed by atoms with van der Waals surface area (Å²) in [7, 11) is -2.15. The van der Waals surface area contributed by atoms with Crippen molar-refractivity contribution >= 4 is 38.2 Å². The van der Waals surface area contributed by atoms with Crippen molar-refractivity contribution in [3.8, 4) is 5.75 Å². The van der Waals surface area contributed by atoms with Crippen LogP contribution in [0.25, 0.3) is 0 Å². The molecule has 0 unspecified atom stereocenters. The molecule has 2 aliphatic rings. The number of hydrogen-bond donors (Lipinski definition) is 1. The number of carbonyl (C=O) groups is 3. The summed E-state index contributed by atoms with van der Waals surface area (Å²) in [5, 5.41) is 9.96. The third-order valence-electron chi connectivity index (χ3n) is 6.92. The minimum absolute atomic E-state index is 0.000396. The van der Waals surface area contributed by atoms with Crippen LogP contribution in [0.1, 0.15) is 44.5 Å². The summed E-state index contributed by atoms with van der Waals surface area (Å²) >= 11 is 1.36. The van der Waals surface area contributed by atoms with Gasteiger partial charge in [0.15, 0.2) is 8.32 Å². The Hall–Kier alpha value is -2.36. The first-order chi connectivity index (χ1) is 15.8. The van der Waals surface area contributed by atoms with Crippen LogP contribution in [-0.4, -0.2) is 54.1 Å². The maximum Gasteiger partial charge on any atom is 0.353 e. The molecule has 2 heterocycles. The normalized spacial score (nSPS) is 23.3. The number of carbonyl (C=O) groups excluding carboxylic acids is 2. The second-order valence-corrected chi connectivity index (χ2v) is 16.4. The zero-order valence-electron chi connectivity index (χ0n) is 20.6. The van der Waals surface area contributed by atoms with Crippen LogP contribution in [0.4, 0.5) is 0 Å². The van der Waals surface area contributed by atoms with E-state index < -0.39 is 25.1 Å². The highest BCUT2D eigenvalue weighted by Crippen LogP contribution is 2.61. The summed E-state index contributed by atoms with van der Waals surface area (Å²) in [6.07, 6.45) is 2.51. The van der Waals surface area contributed by atoms with Crippen LogP contribution in [0.5, 0.6) is 5.75 Å². The highest BCUT2D eigenvalue weighted by atomic mass is 32.2. The summed E-state index contributed by atoms with van der Waals surface area (Å²) in [4.78, 5) is 37.5. The molecule has 1 N–H and O–H groups in total. The smallest absolute Gasteiger partial charge is 0.353 e. The molecule has 1 fully saturated rings. The average Bonchev–Trinajstić information content (AvgIpc) is 3.01. The van der Waals surface area contributed by atoms with Gasteiger partial charge in [-0.15, -0.1) is 6.58 Å². The van der Waals surface area contributed by atoms with E-state index in [0.717, 1.165) is 6.29 Å². The molecule has 0 spiro atoms. The van der Waals surface area contributed by atoms with Gasteiger partial charge < -0.3 is 14.3 Å². The Morgan fingerprint density at radius 2 is 1.94 bits per heavy atom. The number of carboxylic acid groups (broad SMARTS) is 1. The fraction of sp³-hybridized carbons (Fsp3) is 0.480. The predicted octanol–water partition coefficient (Wildman–Crippen LogP) is 5.06. The van der Waals surface area contributed by atoms with Crippen LogP contribution in [0.3, 0.4) is 0 Å². The van der Waals surface area contributed by atoms with Gasteiger partial charge in [-0.25, -0.2) is 4.79 Å². The molecule has 0 bridgehead atoms. The monoisotopic (exact) mass is 503 g/mol. The topological polar surface area (TPSA) is 93.1 Å². The van der Waals surface area contributed by atoms with Gasteiger partial charge >= 0.3 is 5.97 Å². The Kier molecular flexibility index (Phi) is 7.22. The van der Waals surface area contributed by atoms with Crippen molar-refractivity contribution in [1.82, 2.24) is 4.90 Å². The molecule has 2 aliphatic heterocycles. The van der Waals surface area contributed by atoms with Crippen LogP contribution in [-0.2, 0) is 14.0 Å². The molecule has 1 saturated heterocycles. The number of rotatable bonds is 10. The second kappa shape index (κ2) is 9.35. The van der Waals surface area contributed by atoms with Crippen LogP contribution in [0.15, 0.2) is 47.5 Å². The van der Waals surface area contributed by atoms with Crippen molar-refractivity contribution < 1.29 is 28.7 Å². The number of β-lactam (4-membered cyclic amide) rings is 1. The number of amides is 1. The standard InChI is InChI=1S/C25H33NO6SSi/c1-8-13-25-20(16(2)32-34(6,7)24(3,4)5)22(28)26(25)21(23(29)30)19(33-25)15-31-18-11-9-17(14-27)10-12-18/h8-12,14,16,20H,1,13,15H2,2-7H3,(H,29,30)/t16-,20+,25-/m1/s1. The summed E-state index contributed by atoms with van der Waals surface area (Å²) in [5.74, 6) is -1.40. The van der Waals surface area contributed by atoms with E-state index in [2.05, 4.69) is 40.4 Å². The number of thioether (sulfide) groups is 1. The highest BCUT2D eigenvalue weighted by molar-refractivity contribution is 8.04. The summed E-state index contributed by atoms with van der Waals surface area (Å²) in [5.41, 5.74) is 0.475. The SMILES string of the molecule is C=CC[C@]12SC(COc3ccc(C=O)cc3)=C(C(=O)O)N1C(=O)[C@@H]2[C@@H](C)O[Si](C)(C)C(C)(C)C. The number of benzene rings is 1. The fourth-order valence-corrected chi connectivity index (χ4v) is 7.37. The molecule has 184 valence electrons. The fourth-order valence-electron chi connectivity index (χ4n) is 4.23. The van der Waals surface area contributed by atoms with Crippen molar-refractivity contribution in [2.75, 3.05) is 6.61 Å². The molecule has 1 amide bonds. The van der Waals surface area contributed by atoms with Crippen LogP contribution < -0.4 is 4.74 Å². The van der Waals surface area contributed by atoms with E-state index in [1.807, 2.05) is 6.92 Å². The van der Waals surface area contributed by atoms with Gasteiger partial charge in [0.05, 0.1) is 16.9 Å². The highest BCUT2D eigenvalue weighted by Gasteiger charge is 2.68. The van der Waals surface area contributed by atoms with E-state index in [1.54, 1.807) is 30.3 Å². The van der Waals surface area contributed by atoms with Crippen molar-refractivity contribution in [2.45, 2.75) is 63.2 Å². The zero-order chi connectivity index (χ0) is 25.5.